The quantitative estimate of drug-likeness (QED) is 0.299. The minimum absolute atomic E-state index is 0.131. The third-order valence-electron chi connectivity index (χ3n) is 6.66. The van der Waals surface area contributed by atoms with Gasteiger partial charge in [0.25, 0.3) is 0 Å². The van der Waals surface area contributed by atoms with E-state index in [-0.39, 0.29) is 30.9 Å². The number of rotatable bonds is 10. The first kappa shape index (κ1) is 28.3. The van der Waals surface area contributed by atoms with Gasteiger partial charge >= 0.3 is 6.01 Å². The molecule has 1 amide bonds. The van der Waals surface area contributed by atoms with Gasteiger partial charge in [-0.1, -0.05) is 30.3 Å². The minimum Gasteiger partial charge on any atom is -0.459 e. The number of H-pyrrole nitrogens is 1. The molecule has 0 saturated carbocycles. The maximum absolute atomic E-state index is 13.7. The summed E-state index contributed by atoms with van der Waals surface area (Å²) in [4.78, 5) is 31.7. The second-order valence-corrected chi connectivity index (χ2v) is 10.4. The lowest BCUT2D eigenvalue weighted by Gasteiger charge is -2.35. The molecule has 0 unspecified atom stereocenters. The van der Waals surface area contributed by atoms with Gasteiger partial charge in [-0.2, -0.15) is 4.98 Å². The van der Waals surface area contributed by atoms with Crippen LogP contribution in [-0.4, -0.2) is 71.1 Å². The topological polar surface area (TPSA) is 114 Å². The fraction of sp³-hybridized carbons (Fsp3) is 0.333. The SMILES string of the molecule is CN(C)CCNC(=O)C1(C)COC(c2nc(-c3ccc(F)cc3)c(-c3ccnc(OCc4ccccc4)n3)[nH]2)OC1. The normalized spacial score (nSPS) is 18.8. The molecule has 1 aliphatic rings. The average Bonchev–Trinajstić information content (AvgIpc) is 3.43. The van der Waals surface area contributed by atoms with E-state index in [1.807, 2.05) is 56.3 Å². The Morgan fingerprint density at radius 3 is 2.54 bits per heavy atom. The predicted octanol–water partition coefficient (Wildman–Crippen LogP) is 3.98. The average molecular weight is 561 g/mol. The van der Waals surface area contributed by atoms with E-state index in [0.717, 1.165) is 12.1 Å². The highest BCUT2D eigenvalue weighted by molar-refractivity contribution is 5.82. The zero-order chi connectivity index (χ0) is 28.8. The molecule has 2 aromatic heterocycles. The van der Waals surface area contributed by atoms with Crippen molar-refractivity contribution in [2.75, 3.05) is 40.4 Å². The van der Waals surface area contributed by atoms with Crippen molar-refractivity contribution >= 4 is 5.91 Å². The molecule has 4 aromatic rings. The van der Waals surface area contributed by atoms with Crippen molar-refractivity contribution in [3.8, 4) is 28.7 Å². The Hall–Kier alpha value is -4.19. The zero-order valence-electron chi connectivity index (χ0n) is 23.3. The van der Waals surface area contributed by atoms with E-state index in [2.05, 4.69) is 20.3 Å². The standard InChI is InChI=1S/C30H33FN6O4/c1-30(28(38)32-15-16-37(2)3)18-40-27(41-19-30)26-35-24(21-9-11-22(31)12-10-21)25(36-26)23-13-14-33-29(34-23)39-17-20-7-5-4-6-8-20/h4-14,27H,15-19H2,1-3H3,(H,32,38)(H,35,36). The van der Waals surface area contributed by atoms with Gasteiger partial charge in [-0.15, -0.1) is 0 Å². The first-order chi connectivity index (χ1) is 19.8. The summed E-state index contributed by atoms with van der Waals surface area (Å²) < 4.78 is 31.5. The summed E-state index contributed by atoms with van der Waals surface area (Å²) in [7, 11) is 3.90. The Morgan fingerprint density at radius 1 is 1.10 bits per heavy atom. The van der Waals surface area contributed by atoms with Crippen molar-refractivity contribution in [1.29, 1.82) is 0 Å². The van der Waals surface area contributed by atoms with Crippen LogP contribution in [0.1, 0.15) is 24.6 Å². The number of aromatic nitrogens is 4. The van der Waals surface area contributed by atoms with E-state index in [9.17, 15) is 9.18 Å². The smallest absolute Gasteiger partial charge is 0.317 e. The number of hydrogen-bond acceptors (Lipinski definition) is 8. The summed E-state index contributed by atoms with van der Waals surface area (Å²) in [5.74, 6) is -0.0829. The van der Waals surface area contributed by atoms with Crippen molar-refractivity contribution in [3.05, 3.63) is 84.1 Å². The van der Waals surface area contributed by atoms with E-state index >= 15 is 0 Å². The lowest BCUT2D eigenvalue weighted by molar-refractivity contribution is -0.231. The van der Waals surface area contributed by atoms with Crippen molar-refractivity contribution in [1.82, 2.24) is 30.2 Å². The molecule has 0 atom stereocenters. The molecule has 5 rings (SSSR count). The number of benzene rings is 2. The number of ether oxygens (including phenoxy) is 3. The Morgan fingerprint density at radius 2 is 1.83 bits per heavy atom. The van der Waals surface area contributed by atoms with Crippen molar-refractivity contribution in [3.63, 3.8) is 0 Å². The molecular weight excluding hydrogens is 527 g/mol. The van der Waals surface area contributed by atoms with Gasteiger partial charge in [0.2, 0.25) is 12.2 Å². The molecule has 1 aliphatic heterocycles. The van der Waals surface area contributed by atoms with Gasteiger partial charge in [-0.3, -0.25) is 4.79 Å². The molecule has 10 nitrogen and oxygen atoms in total. The molecule has 11 heteroatoms. The Labute approximate surface area is 237 Å². The van der Waals surface area contributed by atoms with Crippen LogP contribution in [-0.2, 0) is 20.9 Å². The summed E-state index contributed by atoms with van der Waals surface area (Å²) in [5.41, 5.74) is 2.46. The van der Waals surface area contributed by atoms with Gasteiger partial charge in [0.05, 0.1) is 35.7 Å². The first-order valence-electron chi connectivity index (χ1n) is 13.3. The number of hydrogen-bond donors (Lipinski definition) is 2. The van der Waals surface area contributed by atoms with E-state index in [1.54, 1.807) is 24.4 Å². The molecule has 1 saturated heterocycles. The number of nitrogens with zero attached hydrogens (tertiary/aromatic N) is 4. The fourth-order valence-electron chi connectivity index (χ4n) is 4.28. The second kappa shape index (κ2) is 12.5. The largest absolute Gasteiger partial charge is 0.459 e. The van der Waals surface area contributed by atoms with Gasteiger partial charge in [-0.05, 0) is 56.9 Å². The Kier molecular flexibility index (Phi) is 8.67. The van der Waals surface area contributed by atoms with Crippen molar-refractivity contribution in [2.24, 2.45) is 5.41 Å². The van der Waals surface area contributed by atoms with Crippen LogP contribution in [0.25, 0.3) is 22.6 Å². The molecule has 0 bridgehead atoms. The van der Waals surface area contributed by atoms with E-state index in [0.29, 0.717) is 41.6 Å². The van der Waals surface area contributed by atoms with Crippen LogP contribution < -0.4 is 10.1 Å². The number of likely N-dealkylation sites (N-methyl/N-ethyl adjacent to an activating group) is 1. The van der Waals surface area contributed by atoms with Crippen LogP contribution in [0.5, 0.6) is 6.01 Å². The fourth-order valence-corrected chi connectivity index (χ4v) is 4.28. The van der Waals surface area contributed by atoms with Gasteiger partial charge in [0.15, 0.2) is 5.82 Å². The maximum atomic E-state index is 13.7. The molecule has 0 aliphatic carbocycles. The molecule has 41 heavy (non-hydrogen) atoms. The van der Waals surface area contributed by atoms with Crippen molar-refractivity contribution in [2.45, 2.75) is 19.8 Å². The third kappa shape index (κ3) is 6.94. The highest BCUT2D eigenvalue weighted by atomic mass is 19.1. The number of carbonyl (C=O) groups is 1. The van der Waals surface area contributed by atoms with Crippen LogP contribution in [0.2, 0.25) is 0 Å². The van der Waals surface area contributed by atoms with Gasteiger partial charge < -0.3 is 29.4 Å². The highest BCUT2D eigenvalue weighted by Crippen LogP contribution is 2.35. The lowest BCUT2D eigenvalue weighted by Crippen LogP contribution is -2.49. The van der Waals surface area contributed by atoms with Gasteiger partial charge in [-0.25, -0.2) is 14.4 Å². The van der Waals surface area contributed by atoms with Gasteiger partial charge in [0, 0.05) is 24.8 Å². The number of amides is 1. The highest BCUT2D eigenvalue weighted by Gasteiger charge is 2.40. The van der Waals surface area contributed by atoms with E-state index < -0.39 is 11.7 Å². The van der Waals surface area contributed by atoms with Gasteiger partial charge in [0.1, 0.15) is 12.4 Å². The first-order valence-corrected chi connectivity index (χ1v) is 13.3. The number of nitrogens with one attached hydrogen (secondary N) is 2. The Balaban J connectivity index is 1.36. The lowest BCUT2D eigenvalue weighted by atomic mass is 9.91. The number of halogens is 1. The van der Waals surface area contributed by atoms with Crippen LogP contribution >= 0.6 is 0 Å². The second-order valence-electron chi connectivity index (χ2n) is 10.4. The summed E-state index contributed by atoms with van der Waals surface area (Å²) in [5, 5.41) is 2.94. The van der Waals surface area contributed by atoms with E-state index in [4.69, 9.17) is 19.2 Å². The summed E-state index contributed by atoms with van der Waals surface area (Å²) in [6.45, 7) is 3.69. The minimum atomic E-state index is -0.838. The predicted molar refractivity (Wildman–Crippen MR) is 150 cm³/mol. The number of carbonyl (C=O) groups excluding carboxylic acids is 1. The molecule has 3 heterocycles. The summed E-state index contributed by atoms with van der Waals surface area (Å²) in [6.07, 6.45) is 0.771. The monoisotopic (exact) mass is 560 g/mol. The van der Waals surface area contributed by atoms with Crippen molar-refractivity contribution < 1.29 is 23.4 Å². The molecule has 0 spiro atoms. The molecular formula is C30H33FN6O4. The van der Waals surface area contributed by atoms with Crippen LogP contribution in [0.3, 0.4) is 0 Å². The number of imidazole rings is 1. The summed E-state index contributed by atoms with van der Waals surface area (Å²) in [6, 6.07) is 17.7. The molecule has 2 aromatic carbocycles. The molecule has 0 radical (unpaired) electrons. The van der Waals surface area contributed by atoms with E-state index in [1.165, 1.54) is 12.1 Å². The van der Waals surface area contributed by atoms with Crippen LogP contribution in [0.4, 0.5) is 4.39 Å². The Bertz CT molecular complexity index is 1450. The maximum Gasteiger partial charge on any atom is 0.317 e. The third-order valence-corrected chi connectivity index (χ3v) is 6.66. The zero-order valence-corrected chi connectivity index (χ0v) is 23.3. The molecule has 2 N–H and O–H groups in total. The van der Waals surface area contributed by atoms with Crippen LogP contribution in [0, 0.1) is 11.2 Å². The van der Waals surface area contributed by atoms with Crippen LogP contribution in [0.15, 0.2) is 66.9 Å². The summed E-state index contributed by atoms with van der Waals surface area (Å²) >= 11 is 0. The number of aromatic amines is 1. The molecule has 214 valence electrons. The molecule has 1 fully saturated rings.